The van der Waals surface area contributed by atoms with Gasteiger partial charge in [-0.3, -0.25) is 19.7 Å². The van der Waals surface area contributed by atoms with E-state index in [9.17, 15) is 24.8 Å². The number of non-ortho nitro benzene ring substituents is 1. The number of Topliss-reactive ketones (excluding diaryl/α,β-unsaturated/α-hetero) is 1. The van der Waals surface area contributed by atoms with Crippen molar-refractivity contribution in [3.63, 3.8) is 0 Å². The number of nitro benzene ring substituents is 1. The molecule has 1 aromatic heterocycles. The number of nitrogens with zero attached hydrogens (tertiary/aromatic N) is 4. The molecule has 10 nitrogen and oxygen atoms in total. The smallest absolute Gasteiger partial charge is 0.295 e. The minimum Gasteiger partial charge on any atom is -0.872 e. The number of quaternary nitrogens is 1. The molecule has 0 saturated carbocycles. The molecule has 1 saturated heterocycles. The number of hydrogen-bond acceptors (Lipinski definition) is 6. The molecule has 1 N–H and O–H groups in total. The number of hydrogen-bond donors (Lipinski definition) is 1. The highest BCUT2D eigenvalue weighted by molar-refractivity contribution is 6.46. The van der Waals surface area contributed by atoms with Crippen molar-refractivity contribution in [2.75, 3.05) is 27.2 Å². The van der Waals surface area contributed by atoms with E-state index >= 15 is 0 Å². The monoisotopic (exact) mass is 489 g/mol. The second-order valence-electron chi connectivity index (χ2n) is 9.02. The van der Waals surface area contributed by atoms with Crippen LogP contribution < -0.4 is 10.0 Å². The van der Waals surface area contributed by atoms with E-state index in [1.54, 1.807) is 11.6 Å². The van der Waals surface area contributed by atoms with Crippen molar-refractivity contribution in [3.8, 4) is 5.69 Å². The Kier molecular flexibility index (Phi) is 6.98. The summed E-state index contributed by atoms with van der Waals surface area (Å²) < 4.78 is 1.60. The number of para-hydroxylation sites is 1. The third-order valence-corrected chi connectivity index (χ3v) is 6.28. The van der Waals surface area contributed by atoms with Crippen molar-refractivity contribution in [3.05, 3.63) is 93.3 Å². The molecule has 2 aromatic carbocycles. The number of ketones is 1. The van der Waals surface area contributed by atoms with Crippen LogP contribution in [-0.4, -0.2) is 58.5 Å². The van der Waals surface area contributed by atoms with Gasteiger partial charge in [-0.2, -0.15) is 5.10 Å². The first-order valence-electron chi connectivity index (χ1n) is 11.6. The summed E-state index contributed by atoms with van der Waals surface area (Å²) >= 11 is 0. The lowest BCUT2D eigenvalue weighted by Gasteiger charge is -2.27. The highest BCUT2D eigenvalue weighted by Gasteiger charge is 2.44. The van der Waals surface area contributed by atoms with Crippen LogP contribution in [0.3, 0.4) is 0 Å². The second-order valence-corrected chi connectivity index (χ2v) is 9.02. The molecule has 1 aliphatic heterocycles. The van der Waals surface area contributed by atoms with Crippen LogP contribution in [0.5, 0.6) is 0 Å². The fourth-order valence-corrected chi connectivity index (χ4v) is 4.44. The maximum absolute atomic E-state index is 13.8. The Balaban J connectivity index is 1.81. The number of nitrogens with one attached hydrogen (secondary N) is 1. The van der Waals surface area contributed by atoms with E-state index in [0.29, 0.717) is 17.7 Å². The van der Waals surface area contributed by atoms with Crippen molar-refractivity contribution in [2.45, 2.75) is 19.4 Å². The Morgan fingerprint density at radius 1 is 1.08 bits per heavy atom. The maximum atomic E-state index is 13.8. The third kappa shape index (κ3) is 4.63. The Bertz CT molecular complexity index is 1330. The third-order valence-electron chi connectivity index (χ3n) is 6.28. The van der Waals surface area contributed by atoms with Crippen LogP contribution in [0.1, 0.15) is 29.3 Å². The van der Waals surface area contributed by atoms with Crippen molar-refractivity contribution < 1.29 is 24.5 Å². The fraction of sp³-hybridized carbons (Fsp3) is 0.269. The Morgan fingerprint density at radius 3 is 2.36 bits per heavy atom. The van der Waals surface area contributed by atoms with E-state index in [-0.39, 0.29) is 23.4 Å². The average molecular weight is 490 g/mol. The van der Waals surface area contributed by atoms with Crippen molar-refractivity contribution >= 4 is 23.1 Å². The standard InChI is InChI=1S/C26H27N5O5/c1-17-21(16-27-30(17)19-8-5-4-6-9-19)24(32)22-23(18-10-12-20(13-11-18)31(35)36)29(26(34)25(22)33)15-7-14-28(2)3/h4-6,8-13,16,23,32H,7,14-15H2,1-3H3/b24-22+. The van der Waals surface area contributed by atoms with E-state index in [1.165, 1.54) is 40.3 Å². The lowest BCUT2D eigenvalue weighted by atomic mass is 9.95. The molecule has 3 aromatic rings. The minimum absolute atomic E-state index is 0.120. The first-order valence-corrected chi connectivity index (χ1v) is 11.6. The molecule has 1 unspecified atom stereocenters. The van der Waals surface area contributed by atoms with Gasteiger partial charge in [0.05, 0.1) is 43.5 Å². The number of likely N-dealkylation sites (tertiary alicyclic amines) is 1. The van der Waals surface area contributed by atoms with E-state index < -0.39 is 28.4 Å². The van der Waals surface area contributed by atoms with Gasteiger partial charge in [0, 0.05) is 41.9 Å². The lowest BCUT2D eigenvalue weighted by Crippen LogP contribution is -3.05. The van der Waals surface area contributed by atoms with Crippen molar-refractivity contribution in [1.29, 1.82) is 0 Å². The molecular weight excluding hydrogens is 462 g/mol. The first-order chi connectivity index (χ1) is 17.2. The summed E-state index contributed by atoms with van der Waals surface area (Å²) in [6.07, 6.45) is 2.03. The highest BCUT2D eigenvalue weighted by Crippen LogP contribution is 2.39. The number of amides is 1. The number of nitro groups is 1. The number of rotatable bonds is 8. The number of carbonyl (C=O) groups is 2. The van der Waals surface area contributed by atoms with Gasteiger partial charge in [-0.25, -0.2) is 4.68 Å². The molecule has 10 heteroatoms. The lowest BCUT2D eigenvalue weighted by molar-refractivity contribution is -0.858. The molecule has 186 valence electrons. The summed E-state index contributed by atoms with van der Waals surface area (Å²) in [6, 6.07) is 13.9. The van der Waals surface area contributed by atoms with Crippen LogP contribution in [0.15, 0.2) is 66.4 Å². The number of aromatic nitrogens is 2. The van der Waals surface area contributed by atoms with Crippen LogP contribution in [-0.2, 0) is 9.59 Å². The van der Waals surface area contributed by atoms with Crippen molar-refractivity contribution in [2.24, 2.45) is 0 Å². The molecule has 1 atom stereocenters. The van der Waals surface area contributed by atoms with Gasteiger partial charge in [-0.1, -0.05) is 24.0 Å². The van der Waals surface area contributed by atoms with Gasteiger partial charge in [0.2, 0.25) is 5.78 Å². The van der Waals surface area contributed by atoms with Gasteiger partial charge in [-0.15, -0.1) is 0 Å². The minimum atomic E-state index is -0.935. The molecule has 0 aliphatic carbocycles. The molecule has 0 spiro atoms. The van der Waals surface area contributed by atoms with E-state index in [4.69, 9.17) is 0 Å². The Hall–Kier alpha value is -4.31. The second kappa shape index (κ2) is 10.1. The zero-order chi connectivity index (χ0) is 26.0. The van der Waals surface area contributed by atoms with Crippen LogP contribution in [0.4, 0.5) is 5.69 Å². The topological polar surface area (TPSA) is 126 Å². The predicted molar refractivity (Wildman–Crippen MR) is 130 cm³/mol. The van der Waals surface area contributed by atoms with Crippen LogP contribution in [0.2, 0.25) is 0 Å². The molecule has 4 rings (SSSR count). The summed E-state index contributed by atoms with van der Waals surface area (Å²) in [5.74, 6) is -2.17. The average Bonchev–Trinajstić information content (AvgIpc) is 3.36. The summed E-state index contributed by atoms with van der Waals surface area (Å²) in [5, 5.41) is 29.2. The van der Waals surface area contributed by atoms with E-state index in [1.807, 2.05) is 44.4 Å². The SMILES string of the molecule is Cc1c(/C([O-])=C2\C(=O)C(=O)N(CCC[NH+](C)C)C2c2ccc([N+](=O)[O-])cc2)cnn1-c1ccccc1. The summed E-state index contributed by atoms with van der Waals surface area (Å²) in [4.78, 5) is 39.4. The molecule has 1 amide bonds. The quantitative estimate of drug-likeness (QED) is 0.164. The number of carbonyl (C=O) groups excluding carboxylic acids is 2. The molecule has 0 radical (unpaired) electrons. The molecule has 36 heavy (non-hydrogen) atoms. The Morgan fingerprint density at radius 2 is 1.75 bits per heavy atom. The van der Waals surface area contributed by atoms with Crippen LogP contribution in [0.25, 0.3) is 11.4 Å². The fourth-order valence-electron chi connectivity index (χ4n) is 4.44. The molecule has 1 aliphatic rings. The molecular formula is C26H27N5O5. The van der Waals surface area contributed by atoms with Gasteiger partial charge >= 0.3 is 0 Å². The van der Waals surface area contributed by atoms with E-state index in [2.05, 4.69) is 5.10 Å². The van der Waals surface area contributed by atoms with Gasteiger partial charge < -0.3 is 14.9 Å². The van der Waals surface area contributed by atoms with Gasteiger partial charge in [0.25, 0.3) is 11.6 Å². The molecule has 2 heterocycles. The van der Waals surface area contributed by atoms with Gasteiger partial charge in [0.1, 0.15) is 0 Å². The normalized spacial score (nSPS) is 17.2. The molecule has 1 fully saturated rings. The summed E-state index contributed by atoms with van der Waals surface area (Å²) in [6.45, 7) is 2.77. The van der Waals surface area contributed by atoms with Crippen molar-refractivity contribution in [1.82, 2.24) is 14.7 Å². The highest BCUT2D eigenvalue weighted by atomic mass is 16.6. The van der Waals surface area contributed by atoms with E-state index in [0.717, 1.165) is 12.2 Å². The van der Waals surface area contributed by atoms with Gasteiger partial charge in [-0.05, 0) is 36.8 Å². The maximum Gasteiger partial charge on any atom is 0.295 e. The first kappa shape index (κ1) is 24.8. The number of benzene rings is 2. The predicted octanol–water partition coefficient (Wildman–Crippen LogP) is 0.848. The zero-order valence-corrected chi connectivity index (χ0v) is 20.3. The Labute approximate surface area is 208 Å². The largest absolute Gasteiger partial charge is 0.872 e. The van der Waals surface area contributed by atoms with Crippen LogP contribution in [0, 0.1) is 17.0 Å². The van der Waals surface area contributed by atoms with Gasteiger partial charge in [0.15, 0.2) is 0 Å². The molecule has 0 bridgehead atoms. The zero-order valence-electron chi connectivity index (χ0n) is 20.3. The summed E-state index contributed by atoms with van der Waals surface area (Å²) in [7, 11) is 3.97. The summed E-state index contributed by atoms with van der Waals surface area (Å²) in [5.41, 5.74) is 1.70. The van der Waals surface area contributed by atoms with Crippen LogP contribution >= 0.6 is 0 Å².